The SMILES string of the molecule is CC(C)=C1CN(C)C1C. The predicted molar refractivity (Wildman–Crippen MR) is 40.5 cm³/mol. The first-order valence-electron chi connectivity index (χ1n) is 3.49. The normalized spacial score (nSPS) is 28.0. The van der Waals surface area contributed by atoms with Crippen LogP contribution in [0.5, 0.6) is 0 Å². The second-order valence-electron chi connectivity index (χ2n) is 3.12. The van der Waals surface area contributed by atoms with Gasteiger partial charge in [0.15, 0.2) is 0 Å². The van der Waals surface area contributed by atoms with Crippen LogP contribution >= 0.6 is 0 Å². The fraction of sp³-hybridized carbons (Fsp3) is 0.750. The minimum absolute atomic E-state index is 0.704. The number of allylic oxidation sites excluding steroid dienone is 1. The van der Waals surface area contributed by atoms with Gasteiger partial charge in [0.05, 0.1) is 0 Å². The standard InChI is InChI=1S/C8H15N/c1-6(2)8-5-9(4)7(8)3/h7H,5H2,1-4H3. The summed E-state index contributed by atoms with van der Waals surface area (Å²) in [6.07, 6.45) is 0. The molecule has 1 nitrogen and oxygen atoms in total. The summed E-state index contributed by atoms with van der Waals surface area (Å²) in [4.78, 5) is 2.35. The molecule has 1 fully saturated rings. The van der Waals surface area contributed by atoms with E-state index in [4.69, 9.17) is 0 Å². The van der Waals surface area contributed by atoms with Gasteiger partial charge in [0, 0.05) is 12.6 Å². The van der Waals surface area contributed by atoms with Gasteiger partial charge in [-0.2, -0.15) is 0 Å². The molecule has 1 atom stereocenters. The van der Waals surface area contributed by atoms with E-state index < -0.39 is 0 Å². The molecule has 1 heterocycles. The molecular weight excluding hydrogens is 110 g/mol. The third-order valence-electron chi connectivity index (χ3n) is 2.23. The average molecular weight is 125 g/mol. The lowest BCUT2D eigenvalue weighted by atomic mass is 9.94. The first-order chi connectivity index (χ1) is 4.13. The first-order valence-corrected chi connectivity index (χ1v) is 3.49. The Balaban J connectivity index is 2.62. The van der Waals surface area contributed by atoms with Gasteiger partial charge in [-0.05, 0) is 33.4 Å². The number of hydrogen-bond acceptors (Lipinski definition) is 1. The third-order valence-corrected chi connectivity index (χ3v) is 2.23. The van der Waals surface area contributed by atoms with Crippen molar-refractivity contribution < 1.29 is 0 Å². The molecule has 0 amide bonds. The topological polar surface area (TPSA) is 3.24 Å². The molecule has 0 spiro atoms. The number of likely N-dealkylation sites (tertiary alicyclic amines) is 1. The van der Waals surface area contributed by atoms with E-state index in [1.54, 1.807) is 5.57 Å². The zero-order valence-corrected chi connectivity index (χ0v) is 6.73. The van der Waals surface area contributed by atoms with Crippen LogP contribution in [0.25, 0.3) is 0 Å². The van der Waals surface area contributed by atoms with Crippen LogP contribution in [0.3, 0.4) is 0 Å². The van der Waals surface area contributed by atoms with Gasteiger partial charge in [0.25, 0.3) is 0 Å². The summed E-state index contributed by atoms with van der Waals surface area (Å²) in [7, 11) is 2.16. The van der Waals surface area contributed by atoms with E-state index in [0.717, 1.165) is 0 Å². The lowest BCUT2D eigenvalue weighted by Gasteiger charge is -2.39. The summed E-state index contributed by atoms with van der Waals surface area (Å²) in [5.74, 6) is 0. The molecule has 52 valence electrons. The number of nitrogens with zero attached hydrogens (tertiary/aromatic N) is 1. The third kappa shape index (κ3) is 1.01. The van der Waals surface area contributed by atoms with Crippen LogP contribution in [-0.2, 0) is 0 Å². The van der Waals surface area contributed by atoms with Gasteiger partial charge in [0.1, 0.15) is 0 Å². The summed E-state index contributed by atoms with van der Waals surface area (Å²) < 4.78 is 0. The molecule has 0 N–H and O–H groups in total. The van der Waals surface area contributed by atoms with E-state index in [1.807, 2.05) is 0 Å². The van der Waals surface area contributed by atoms with E-state index >= 15 is 0 Å². The van der Waals surface area contributed by atoms with Gasteiger partial charge < -0.3 is 0 Å². The van der Waals surface area contributed by atoms with Crippen LogP contribution in [0, 0.1) is 0 Å². The van der Waals surface area contributed by atoms with Crippen LogP contribution in [-0.4, -0.2) is 24.5 Å². The minimum Gasteiger partial charge on any atom is -0.296 e. The van der Waals surface area contributed by atoms with Crippen molar-refractivity contribution >= 4 is 0 Å². The van der Waals surface area contributed by atoms with Crippen LogP contribution in [0.2, 0.25) is 0 Å². The highest BCUT2D eigenvalue weighted by Gasteiger charge is 2.25. The maximum atomic E-state index is 2.35. The molecule has 0 radical (unpaired) electrons. The van der Waals surface area contributed by atoms with Gasteiger partial charge in [-0.15, -0.1) is 0 Å². The van der Waals surface area contributed by atoms with E-state index in [9.17, 15) is 0 Å². The van der Waals surface area contributed by atoms with Gasteiger partial charge in [0.2, 0.25) is 0 Å². The van der Waals surface area contributed by atoms with Crippen molar-refractivity contribution in [2.24, 2.45) is 0 Å². The van der Waals surface area contributed by atoms with Gasteiger partial charge in [-0.3, -0.25) is 4.90 Å². The van der Waals surface area contributed by atoms with E-state index in [2.05, 4.69) is 32.7 Å². The van der Waals surface area contributed by atoms with Crippen molar-refractivity contribution in [2.45, 2.75) is 26.8 Å². The summed E-state index contributed by atoms with van der Waals surface area (Å²) >= 11 is 0. The second-order valence-corrected chi connectivity index (χ2v) is 3.12. The van der Waals surface area contributed by atoms with Crippen LogP contribution < -0.4 is 0 Å². The van der Waals surface area contributed by atoms with Crippen molar-refractivity contribution in [2.75, 3.05) is 13.6 Å². The molecule has 0 aliphatic carbocycles. The Hall–Kier alpha value is -0.300. The molecule has 1 unspecified atom stereocenters. The van der Waals surface area contributed by atoms with E-state index in [0.29, 0.717) is 6.04 Å². The molecule has 1 saturated heterocycles. The van der Waals surface area contributed by atoms with Gasteiger partial charge >= 0.3 is 0 Å². The maximum absolute atomic E-state index is 2.35. The second kappa shape index (κ2) is 2.14. The maximum Gasteiger partial charge on any atom is 0.0294 e. The summed E-state index contributed by atoms with van der Waals surface area (Å²) in [5, 5.41) is 0. The quantitative estimate of drug-likeness (QED) is 0.445. The Bertz CT molecular complexity index is 143. The minimum atomic E-state index is 0.704. The van der Waals surface area contributed by atoms with Crippen molar-refractivity contribution in [3.05, 3.63) is 11.1 Å². The molecule has 1 heteroatoms. The molecule has 1 aliphatic heterocycles. The molecule has 1 aliphatic rings. The van der Waals surface area contributed by atoms with Crippen LogP contribution in [0.1, 0.15) is 20.8 Å². The lowest BCUT2D eigenvalue weighted by Crippen LogP contribution is -2.45. The molecular formula is C8H15N. The van der Waals surface area contributed by atoms with Gasteiger partial charge in [-0.1, -0.05) is 5.57 Å². The molecule has 1 rings (SSSR count). The largest absolute Gasteiger partial charge is 0.296 e. The highest BCUT2D eigenvalue weighted by molar-refractivity contribution is 5.24. The van der Waals surface area contributed by atoms with Crippen LogP contribution in [0.15, 0.2) is 11.1 Å². The fourth-order valence-electron chi connectivity index (χ4n) is 1.27. The van der Waals surface area contributed by atoms with Crippen molar-refractivity contribution in [1.82, 2.24) is 4.90 Å². The Morgan fingerprint density at radius 3 is 2.22 bits per heavy atom. The van der Waals surface area contributed by atoms with Gasteiger partial charge in [-0.25, -0.2) is 0 Å². The van der Waals surface area contributed by atoms with E-state index in [-0.39, 0.29) is 0 Å². The lowest BCUT2D eigenvalue weighted by molar-refractivity contribution is 0.221. The molecule has 0 aromatic heterocycles. The Labute approximate surface area is 57.4 Å². The summed E-state index contributed by atoms with van der Waals surface area (Å²) in [5.41, 5.74) is 3.12. The Morgan fingerprint density at radius 1 is 1.56 bits per heavy atom. The first kappa shape index (κ1) is 6.81. The zero-order chi connectivity index (χ0) is 7.02. The average Bonchev–Trinajstić information content (AvgIpc) is 1.81. The molecule has 0 saturated carbocycles. The Morgan fingerprint density at radius 2 is 2.11 bits per heavy atom. The van der Waals surface area contributed by atoms with Crippen molar-refractivity contribution in [1.29, 1.82) is 0 Å². The summed E-state index contributed by atoms with van der Waals surface area (Å²) in [6.45, 7) is 7.83. The Kier molecular flexibility index (Phi) is 1.62. The van der Waals surface area contributed by atoms with Crippen molar-refractivity contribution in [3.8, 4) is 0 Å². The fourth-order valence-corrected chi connectivity index (χ4v) is 1.27. The highest BCUT2D eigenvalue weighted by atomic mass is 15.2. The highest BCUT2D eigenvalue weighted by Crippen LogP contribution is 2.23. The molecule has 9 heavy (non-hydrogen) atoms. The smallest absolute Gasteiger partial charge is 0.0294 e. The monoisotopic (exact) mass is 125 g/mol. The molecule has 0 aromatic carbocycles. The summed E-state index contributed by atoms with van der Waals surface area (Å²) in [6, 6.07) is 0.704. The van der Waals surface area contributed by atoms with Crippen LogP contribution in [0.4, 0.5) is 0 Å². The van der Waals surface area contributed by atoms with Crippen molar-refractivity contribution in [3.63, 3.8) is 0 Å². The molecule has 0 bridgehead atoms. The number of hydrogen-bond donors (Lipinski definition) is 0. The predicted octanol–water partition coefficient (Wildman–Crippen LogP) is 1.66. The number of rotatable bonds is 0. The number of likely N-dealkylation sites (N-methyl/N-ethyl adjacent to an activating group) is 1. The zero-order valence-electron chi connectivity index (χ0n) is 6.73. The molecule has 0 aromatic rings. The van der Waals surface area contributed by atoms with E-state index in [1.165, 1.54) is 12.1 Å².